The highest BCUT2D eigenvalue weighted by molar-refractivity contribution is 6.50. The van der Waals surface area contributed by atoms with Gasteiger partial charge in [-0.25, -0.2) is 0 Å². The maximum atomic E-state index is 12.7. The summed E-state index contributed by atoms with van der Waals surface area (Å²) in [6, 6.07) is 0. The summed E-state index contributed by atoms with van der Waals surface area (Å²) in [5.74, 6) is -0.230. The van der Waals surface area contributed by atoms with E-state index >= 15 is 0 Å². The van der Waals surface area contributed by atoms with E-state index in [0.29, 0.717) is 17.1 Å². The summed E-state index contributed by atoms with van der Waals surface area (Å²) in [6.45, 7) is 8.27. The lowest BCUT2D eigenvalue weighted by molar-refractivity contribution is -0.133. The molecule has 0 spiro atoms. The molecule has 0 amide bonds. The molecule has 22 heavy (non-hydrogen) atoms. The Labute approximate surface area is 132 Å². The van der Waals surface area contributed by atoms with Crippen molar-refractivity contribution in [3.63, 3.8) is 0 Å². The molecule has 0 aromatic carbocycles. The van der Waals surface area contributed by atoms with E-state index in [-0.39, 0.29) is 28.8 Å². The molecule has 1 N–H and O–H groups in total. The zero-order valence-corrected chi connectivity index (χ0v) is 14.0. The standard InChI is InChI=1S/C19H26O3/c1-10(2)14-16(20)12-7-8-13-11(6-5-9-19(13,3)4)15(12)18(22)17(14)21/h10-11,13,20H,5-9H2,1-4H3/t11-,13+/m0/s1. The molecule has 3 aliphatic carbocycles. The van der Waals surface area contributed by atoms with Gasteiger partial charge in [0.25, 0.3) is 0 Å². The van der Waals surface area contributed by atoms with Gasteiger partial charge < -0.3 is 5.11 Å². The highest BCUT2D eigenvalue weighted by Crippen LogP contribution is 2.54. The van der Waals surface area contributed by atoms with Crippen molar-refractivity contribution in [3.8, 4) is 0 Å². The number of carbonyl (C=O) groups excluding carboxylic acids is 2. The van der Waals surface area contributed by atoms with Crippen molar-refractivity contribution in [2.75, 3.05) is 0 Å². The van der Waals surface area contributed by atoms with Crippen molar-refractivity contribution in [2.45, 2.75) is 59.8 Å². The number of hydrogen-bond acceptors (Lipinski definition) is 3. The van der Waals surface area contributed by atoms with Crippen LogP contribution in [0.3, 0.4) is 0 Å². The zero-order chi connectivity index (χ0) is 16.2. The summed E-state index contributed by atoms with van der Waals surface area (Å²) in [7, 11) is 0. The van der Waals surface area contributed by atoms with Gasteiger partial charge in [0.15, 0.2) is 0 Å². The molecule has 3 rings (SSSR count). The minimum Gasteiger partial charge on any atom is -0.507 e. The van der Waals surface area contributed by atoms with E-state index < -0.39 is 5.78 Å². The predicted molar refractivity (Wildman–Crippen MR) is 85.4 cm³/mol. The lowest BCUT2D eigenvalue weighted by Gasteiger charge is -2.48. The van der Waals surface area contributed by atoms with Crippen LogP contribution in [0, 0.1) is 23.2 Å². The number of fused-ring (bicyclic) bond motifs is 2. The second-order valence-corrected chi connectivity index (χ2v) is 8.10. The van der Waals surface area contributed by atoms with E-state index in [9.17, 15) is 14.7 Å². The molecule has 120 valence electrons. The van der Waals surface area contributed by atoms with E-state index in [0.717, 1.165) is 31.3 Å². The monoisotopic (exact) mass is 302 g/mol. The van der Waals surface area contributed by atoms with Crippen molar-refractivity contribution in [3.05, 3.63) is 22.5 Å². The van der Waals surface area contributed by atoms with E-state index in [1.807, 2.05) is 13.8 Å². The molecular weight excluding hydrogens is 276 g/mol. The van der Waals surface area contributed by atoms with E-state index in [1.165, 1.54) is 6.42 Å². The summed E-state index contributed by atoms with van der Waals surface area (Å²) in [5.41, 5.74) is 1.95. The molecular formula is C19H26O3. The highest BCUT2D eigenvalue weighted by atomic mass is 16.3. The number of ketones is 2. The molecule has 0 saturated heterocycles. The van der Waals surface area contributed by atoms with Crippen LogP contribution in [0.25, 0.3) is 0 Å². The number of aliphatic hydroxyl groups excluding tert-OH is 1. The van der Waals surface area contributed by atoms with Crippen molar-refractivity contribution >= 4 is 11.6 Å². The number of hydrogen-bond donors (Lipinski definition) is 1. The van der Waals surface area contributed by atoms with Gasteiger partial charge in [-0.05, 0) is 48.9 Å². The molecule has 2 atom stereocenters. The first-order valence-electron chi connectivity index (χ1n) is 8.51. The van der Waals surface area contributed by atoms with Crippen LogP contribution in [0.5, 0.6) is 0 Å². The maximum Gasteiger partial charge on any atom is 0.233 e. The van der Waals surface area contributed by atoms with Gasteiger partial charge >= 0.3 is 0 Å². The topological polar surface area (TPSA) is 54.4 Å². The fraction of sp³-hybridized carbons (Fsp3) is 0.684. The molecule has 3 aliphatic rings. The molecule has 0 aromatic rings. The summed E-state index contributed by atoms with van der Waals surface area (Å²) in [6.07, 6.45) is 4.97. The quantitative estimate of drug-likeness (QED) is 0.585. The number of carbonyl (C=O) groups is 2. The van der Waals surface area contributed by atoms with Crippen molar-refractivity contribution in [1.29, 1.82) is 0 Å². The molecule has 0 radical (unpaired) electrons. The summed E-state index contributed by atoms with van der Waals surface area (Å²) >= 11 is 0. The van der Waals surface area contributed by atoms with Gasteiger partial charge in [-0.15, -0.1) is 0 Å². The molecule has 0 bridgehead atoms. The Hall–Kier alpha value is -1.38. The van der Waals surface area contributed by atoms with Crippen LogP contribution >= 0.6 is 0 Å². The molecule has 0 unspecified atom stereocenters. The Morgan fingerprint density at radius 2 is 1.82 bits per heavy atom. The second kappa shape index (κ2) is 5.07. The van der Waals surface area contributed by atoms with Gasteiger partial charge in [0, 0.05) is 16.7 Å². The van der Waals surface area contributed by atoms with Gasteiger partial charge in [-0.2, -0.15) is 0 Å². The molecule has 3 nitrogen and oxygen atoms in total. The lowest BCUT2D eigenvalue weighted by atomic mass is 9.56. The van der Waals surface area contributed by atoms with E-state index in [1.54, 1.807) is 0 Å². The number of rotatable bonds is 1. The third-order valence-corrected chi connectivity index (χ3v) is 6.04. The van der Waals surface area contributed by atoms with Crippen LogP contribution in [0.4, 0.5) is 0 Å². The van der Waals surface area contributed by atoms with E-state index in [2.05, 4.69) is 13.8 Å². The largest absolute Gasteiger partial charge is 0.507 e. The predicted octanol–water partition coefficient (Wildman–Crippen LogP) is 4.14. The molecule has 1 saturated carbocycles. The van der Waals surface area contributed by atoms with Crippen LogP contribution in [-0.2, 0) is 9.59 Å². The van der Waals surface area contributed by atoms with Gasteiger partial charge in [0.05, 0.1) is 0 Å². The Balaban J connectivity index is 2.12. The molecule has 1 fully saturated rings. The first-order valence-corrected chi connectivity index (χ1v) is 8.51. The Morgan fingerprint density at radius 3 is 2.45 bits per heavy atom. The SMILES string of the molecule is CC(C)C1=C(O)C2=C(C(=O)C1=O)[C@H]1CCCC(C)(C)[C@@H]1CC2. The minimum atomic E-state index is -0.477. The van der Waals surface area contributed by atoms with Crippen LogP contribution in [0.2, 0.25) is 0 Å². The van der Waals surface area contributed by atoms with Crippen molar-refractivity contribution in [2.24, 2.45) is 23.2 Å². The van der Waals surface area contributed by atoms with Gasteiger partial charge in [0.2, 0.25) is 11.6 Å². The third-order valence-electron chi connectivity index (χ3n) is 6.04. The van der Waals surface area contributed by atoms with Crippen LogP contribution < -0.4 is 0 Å². The first-order chi connectivity index (χ1) is 10.3. The average Bonchev–Trinajstić information content (AvgIpc) is 2.43. The third kappa shape index (κ3) is 2.09. The average molecular weight is 302 g/mol. The molecule has 0 aromatic heterocycles. The summed E-state index contributed by atoms with van der Waals surface area (Å²) < 4.78 is 0. The Morgan fingerprint density at radius 1 is 1.14 bits per heavy atom. The fourth-order valence-corrected chi connectivity index (χ4v) is 4.91. The number of allylic oxidation sites excluding steroid dienone is 3. The van der Waals surface area contributed by atoms with Gasteiger partial charge in [-0.3, -0.25) is 9.59 Å². The van der Waals surface area contributed by atoms with Gasteiger partial charge in [-0.1, -0.05) is 34.1 Å². The second-order valence-electron chi connectivity index (χ2n) is 8.10. The number of Topliss-reactive ketones (excluding diaryl/α,β-unsaturated/α-hetero) is 2. The summed E-state index contributed by atoms with van der Waals surface area (Å²) in [5, 5.41) is 10.6. The molecule has 3 heteroatoms. The zero-order valence-electron chi connectivity index (χ0n) is 14.0. The van der Waals surface area contributed by atoms with Crippen molar-refractivity contribution < 1.29 is 14.7 Å². The molecule has 0 heterocycles. The van der Waals surface area contributed by atoms with Gasteiger partial charge in [0.1, 0.15) is 5.76 Å². The maximum absolute atomic E-state index is 12.7. The minimum absolute atomic E-state index is 0.108. The normalized spacial score (nSPS) is 31.5. The van der Waals surface area contributed by atoms with Crippen LogP contribution in [0.1, 0.15) is 59.8 Å². The Kier molecular flexibility index (Phi) is 3.58. The van der Waals surface area contributed by atoms with Crippen molar-refractivity contribution in [1.82, 2.24) is 0 Å². The number of aliphatic hydroxyl groups is 1. The molecule has 0 aliphatic heterocycles. The Bertz CT molecular complexity index is 604. The lowest BCUT2D eigenvalue weighted by Crippen LogP contribution is -2.43. The fourth-order valence-electron chi connectivity index (χ4n) is 4.91. The smallest absolute Gasteiger partial charge is 0.233 e. The summed E-state index contributed by atoms with van der Waals surface area (Å²) in [4.78, 5) is 25.2. The van der Waals surface area contributed by atoms with E-state index in [4.69, 9.17) is 0 Å². The van der Waals surface area contributed by atoms with Crippen LogP contribution in [0.15, 0.2) is 22.5 Å². The van der Waals surface area contributed by atoms with Crippen LogP contribution in [-0.4, -0.2) is 16.7 Å². The first kappa shape index (κ1) is 15.5. The highest BCUT2D eigenvalue weighted by Gasteiger charge is 2.48.